The van der Waals surface area contributed by atoms with E-state index in [9.17, 15) is 4.79 Å². The second-order valence-electron chi connectivity index (χ2n) is 4.73. The SMILES string of the molecule is Cc1cc(C)c(C(=O)OCc2ccc(Br)cc2)cc1N. The maximum absolute atomic E-state index is 12.1. The van der Waals surface area contributed by atoms with Crippen LogP contribution in [0.5, 0.6) is 0 Å². The average molecular weight is 334 g/mol. The van der Waals surface area contributed by atoms with Gasteiger partial charge in [-0.25, -0.2) is 4.79 Å². The van der Waals surface area contributed by atoms with Crippen LogP contribution in [0.15, 0.2) is 40.9 Å². The fourth-order valence-electron chi connectivity index (χ4n) is 1.90. The zero-order valence-electron chi connectivity index (χ0n) is 11.4. The lowest BCUT2D eigenvalue weighted by Gasteiger charge is -2.10. The lowest BCUT2D eigenvalue weighted by atomic mass is 10.0. The first-order valence-electron chi connectivity index (χ1n) is 6.25. The van der Waals surface area contributed by atoms with E-state index in [0.29, 0.717) is 11.3 Å². The van der Waals surface area contributed by atoms with Gasteiger partial charge in [0, 0.05) is 10.2 Å². The topological polar surface area (TPSA) is 52.3 Å². The third-order valence-corrected chi connectivity index (χ3v) is 3.64. The molecule has 0 atom stereocenters. The van der Waals surface area contributed by atoms with Crippen molar-refractivity contribution in [3.63, 3.8) is 0 Å². The van der Waals surface area contributed by atoms with Crippen LogP contribution in [0.3, 0.4) is 0 Å². The lowest BCUT2D eigenvalue weighted by Crippen LogP contribution is -2.08. The van der Waals surface area contributed by atoms with E-state index in [0.717, 1.165) is 21.2 Å². The summed E-state index contributed by atoms with van der Waals surface area (Å²) in [5, 5.41) is 0. The van der Waals surface area contributed by atoms with E-state index in [1.807, 2.05) is 44.2 Å². The molecule has 2 aromatic rings. The predicted octanol–water partition coefficient (Wildman–Crippen LogP) is 4.01. The van der Waals surface area contributed by atoms with Crippen LogP contribution in [0.4, 0.5) is 5.69 Å². The fourth-order valence-corrected chi connectivity index (χ4v) is 2.16. The summed E-state index contributed by atoms with van der Waals surface area (Å²) in [4.78, 5) is 12.1. The van der Waals surface area contributed by atoms with Crippen molar-refractivity contribution >= 4 is 27.6 Å². The number of carbonyl (C=O) groups excluding carboxylic acids is 1. The van der Waals surface area contributed by atoms with E-state index < -0.39 is 0 Å². The quantitative estimate of drug-likeness (QED) is 0.682. The van der Waals surface area contributed by atoms with E-state index in [1.165, 1.54) is 0 Å². The highest BCUT2D eigenvalue weighted by atomic mass is 79.9. The molecule has 0 aliphatic rings. The van der Waals surface area contributed by atoms with Gasteiger partial charge >= 0.3 is 5.97 Å². The normalized spacial score (nSPS) is 10.3. The number of carbonyl (C=O) groups is 1. The minimum absolute atomic E-state index is 0.249. The molecule has 0 radical (unpaired) electrons. The molecule has 20 heavy (non-hydrogen) atoms. The molecule has 2 rings (SSSR count). The van der Waals surface area contributed by atoms with Gasteiger partial charge in [0.25, 0.3) is 0 Å². The first-order chi connectivity index (χ1) is 9.47. The minimum atomic E-state index is -0.350. The van der Waals surface area contributed by atoms with E-state index >= 15 is 0 Å². The zero-order valence-corrected chi connectivity index (χ0v) is 13.0. The summed E-state index contributed by atoms with van der Waals surface area (Å²) in [7, 11) is 0. The largest absolute Gasteiger partial charge is 0.457 e. The molecule has 0 unspecified atom stereocenters. The molecule has 104 valence electrons. The van der Waals surface area contributed by atoms with Crippen LogP contribution in [0.25, 0.3) is 0 Å². The van der Waals surface area contributed by atoms with Crippen molar-refractivity contribution in [3.05, 3.63) is 63.1 Å². The maximum Gasteiger partial charge on any atom is 0.338 e. The molecular weight excluding hydrogens is 318 g/mol. The molecule has 0 saturated carbocycles. The lowest BCUT2D eigenvalue weighted by molar-refractivity contribution is 0.0472. The molecule has 0 aliphatic heterocycles. The van der Waals surface area contributed by atoms with Crippen molar-refractivity contribution in [2.45, 2.75) is 20.5 Å². The van der Waals surface area contributed by atoms with E-state index in [2.05, 4.69) is 15.9 Å². The number of hydrogen-bond acceptors (Lipinski definition) is 3. The second-order valence-corrected chi connectivity index (χ2v) is 5.64. The van der Waals surface area contributed by atoms with Gasteiger partial charge in [-0.05, 0) is 48.7 Å². The number of hydrogen-bond donors (Lipinski definition) is 1. The van der Waals surface area contributed by atoms with Gasteiger partial charge in [0.1, 0.15) is 6.61 Å². The number of rotatable bonds is 3. The average Bonchev–Trinajstić information content (AvgIpc) is 2.42. The molecule has 0 bridgehead atoms. The number of nitrogens with two attached hydrogens (primary N) is 1. The second kappa shape index (κ2) is 6.09. The van der Waals surface area contributed by atoms with Crippen molar-refractivity contribution in [3.8, 4) is 0 Å². The summed E-state index contributed by atoms with van der Waals surface area (Å²) < 4.78 is 6.32. The van der Waals surface area contributed by atoms with Crippen LogP contribution in [0.1, 0.15) is 27.0 Å². The Kier molecular flexibility index (Phi) is 4.45. The Bertz CT molecular complexity index is 636. The van der Waals surface area contributed by atoms with E-state index in [1.54, 1.807) is 6.07 Å². The van der Waals surface area contributed by atoms with Crippen LogP contribution < -0.4 is 5.73 Å². The van der Waals surface area contributed by atoms with Gasteiger partial charge in [-0.2, -0.15) is 0 Å². The van der Waals surface area contributed by atoms with Gasteiger partial charge in [-0.15, -0.1) is 0 Å². The van der Waals surface area contributed by atoms with Crippen LogP contribution in [0, 0.1) is 13.8 Å². The van der Waals surface area contributed by atoms with Crippen LogP contribution in [-0.4, -0.2) is 5.97 Å². The Balaban J connectivity index is 2.09. The highest BCUT2D eigenvalue weighted by molar-refractivity contribution is 9.10. The molecule has 3 nitrogen and oxygen atoms in total. The van der Waals surface area contributed by atoms with Gasteiger partial charge in [-0.1, -0.05) is 34.1 Å². The Morgan fingerprint density at radius 1 is 1.15 bits per heavy atom. The monoisotopic (exact) mass is 333 g/mol. The van der Waals surface area contributed by atoms with Gasteiger partial charge in [0.15, 0.2) is 0 Å². The Morgan fingerprint density at radius 2 is 1.80 bits per heavy atom. The van der Waals surface area contributed by atoms with Crippen LogP contribution in [-0.2, 0) is 11.3 Å². The van der Waals surface area contributed by atoms with Crippen molar-refractivity contribution < 1.29 is 9.53 Å². The summed E-state index contributed by atoms with van der Waals surface area (Å²) in [5.41, 5.74) is 9.74. The van der Waals surface area contributed by atoms with Crippen LogP contribution in [0.2, 0.25) is 0 Å². The number of nitrogen functional groups attached to an aromatic ring is 1. The predicted molar refractivity (Wildman–Crippen MR) is 83.6 cm³/mol. The van der Waals surface area contributed by atoms with Crippen molar-refractivity contribution in [2.75, 3.05) is 5.73 Å². The zero-order chi connectivity index (χ0) is 14.7. The third-order valence-electron chi connectivity index (χ3n) is 3.12. The molecule has 0 heterocycles. The summed E-state index contributed by atoms with van der Waals surface area (Å²) in [6.07, 6.45) is 0. The van der Waals surface area contributed by atoms with Crippen molar-refractivity contribution in [2.24, 2.45) is 0 Å². The highest BCUT2D eigenvalue weighted by Gasteiger charge is 2.12. The Hall–Kier alpha value is -1.81. The van der Waals surface area contributed by atoms with Gasteiger partial charge in [0.05, 0.1) is 5.56 Å². The summed E-state index contributed by atoms with van der Waals surface area (Å²) in [5.74, 6) is -0.350. The molecule has 0 aliphatic carbocycles. The van der Waals surface area contributed by atoms with Crippen molar-refractivity contribution in [1.29, 1.82) is 0 Å². The summed E-state index contributed by atoms with van der Waals surface area (Å²) in [6.45, 7) is 4.04. The standard InChI is InChI=1S/C16H16BrNO2/c1-10-7-11(2)15(18)8-14(10)16(19)20-9-12-3-5-13(17)6-4-12/h3-8H,9,18H2,1-2H3. The van der Waals surface area contributed by atoms with Gasteiger partial charge in [0.2, 0.25) is 0 Å². The van der Waals surface area contributed by atoms with E-state index in [-0.39, 0.29) is 12.6 Å². The Labute approximate surface area is 126 Å². The number of halogens is 1. The highest BCUT2D eigenvalue weighted by Crippen LogP contribution is 2.19. The minimum Gasteiger partial charge on any atom is -0.457 e. The van der Waals surface area contributed by atoms with Crippen molar-refractivity contribution in [1.82, 2.24) is 0 Å². The number of aryl methyl sites for hydroxylation is 2. The molecule has 0 amide bonds. The number of benzene rings is 2. The first-order valence-corrected chi connectivity index (χ1v) is 7.05. The summed E-state index contributed by atoms with van der Waals surface area (Å²) >= 11 is 3.36. The van der Waals surface area contributed by atoms with E-state index in [4.69, 9.17) is 10.5 Å². The maximum atomic E-state index is 12.1. The molecule has 0 spiro atoms. The molecule has 2 aromatic carbocycles. The molecule has 0 fully saturated rings. The molecular formula is C16H16BrNO2. The molecule has 4 heteroatoms. The molecule has 0 saturated heterocycles. The molecule has 0 aromatic heterocycles. The smallest absolute Gasteiger partial charge is 0.338 e. The third kappa shape index (κ3) is 3.39. The van der Waals surface area contributed by atoms with Crippen LogP contribution >= 0.6 is 15.9 Å². The summed E-state index contributed by atoms with van der Waals surface area (Å²) in [6, 6.07) is 11.2. The van der Waals surface area contributed by atoms with Gasteiger partial charge < -0.3 is 10.5 Å². The Morgan fingerprint density at radius 3 is 2.45 bits per heavy atom. The fraction of sp³-hybridized carbons (Fsp3) is 0.188. The van der Waals surface area contributed by atoms with Gasteiger partial charge in [-0.3, -0.25) is 0 Å². The molecule has 2 N–H and O–H groups in total. The number of ether oxygens (including phenoxy) is 1. The number of anilines is 1. The first kappa shape index (κ1) is 14.6. The number of esters is 1.